The predicted molar refractivity (Wildman–Crippen MR) is 77.7 cm³/mol. The van der Waals surface area contributed by atoms with Crippen LogP contribution < -0.4 is 14.8 Å². The number of fused-ring (bicyclic) bond motifs is 1. The molecular weight excluding hydrogens is 254 g/mol. The summed E-state index contributed by atoms with van der Waals surface area (Å²) in [7, 11) is 1.66. The van der Waals surface area contributed by atoms with Crippen molar-refractivity contribution in [1.82, 2.24) is 0 Å². The summed E-state index contributed by atoms with van der Waals surface area (Å²) in [5.74, 6) is 1.82. The minimum atomic E-state index is 0.0951. The third kappa shape index (κ3) is 2.25. The maximum atomic E-state index is 9.46. The first kappa shape index (κ1) is 12.7. The normalized spacial score (nSPS) is 16.4. The minimum Gasteiger partial charge on any atom is -0.508 e. The standard InChI is InChI=1S/C16H17NO3/c1-10-7-12(19-2)4-6-14(10)17-15-9-20-16-8-11(18)3-5-13(15)16/h3-8,15,17-18H,9H2,1-2H3. The molecule has 1 aliphatic rings. The molecule has 4 heteroatoms. The first-order valence-electron chi connectivity index (χ1n) is 6.54. The summed E-state index contributed by atoms with van der Waals surface area (Å²) >= 11 is 0. The molecule has 20 heavy (non-hydrogen) atoms. The predicted octanol–water partition coefficient (Wildman–Crippen LogP) is 3.25. The summed E-state index contributed by atoms with van der Waals surface area (Å²) in [5, 5.41) is 12.9. The molecule has 2 N–H and O–H groups in total. The van der Waals surface area contributed by atoms with E-state index >= 15 is 0 Å². The molecule has 1 heterocycles. The van der Waals surface area contributed by atoms with E-state index in [0.29, 0.717) is 6.61 Å². The lowest BCUT2D eigenvalue weighted by Crippen LogP contribution is -2.12. The Balaban J connectivity index is 1.84. The molecule has 104 valence electrons. The topological polar surface area (TPSA) is 50.7 Å². The Morgan fingerprint density at radius 3 is 2.85 bits per heavy atom. The van der Waals surface area contributed by atoms with Gasteiger partial charge in [-0.05, 0) is 42.8 Å². The second kappa shape index (κ2) is 4.96. The Hall–Kier alpha value is -2.36. The van der Waals surface area contributed by atoms with Crippen LogP contribution in [-0.4, -0.2) is 18.8 Å². The largest absolute Gasteiger partial charge is 0.508 e. The molecule has 0 aliphatic carbocycles. The van der Waals surface area contributed by atoms with Crippen LogP contribution in [0.2, 0.25) is 0 Å². The molecule has 0 fully saturated rings. The van der Waals surface area contributed by atoms with Crippen molar-refractivity contribution in [3.05, 3.63) is 47.5 Å². The molecule has 0 aromatic heterocycles. The fraction of sp³-hybridized carbons (Fsp3) is 0.250. The SMILES string of the molecule is COc1ccc(NC2COc3cc(O)ccc32)c(C)c1. The van der Waals surface area contributed by atoms with Crippen LogP contribution in [0, 0.1) is 6.92 Å². The Labute approximate surface area is 118 Å². The van der Waals surface area contributed by atoms with E-state index in [1.165, 1.54) is 0 Å². The minimum absolute atomic E-state index is 0.0951. The van der Waals surface area contributed by atoms with Crippen molar-refractivity contribution in [3.63, 3.8) is 0 Å². The average Bonchev–Trinajstić information content (AvgIpc) is 2.83. The van der Waals surface area contributed by atoms with E-state index in [1.54, 1.807) is 19.2 Å². The van der Waals surface area contributed by atoms with Gasteiger partial charge in [-0.15, -0.1) is 0 Å². The van der Waals surface area contributed by atoms with Crippen molar-refractivity contribution >= 4 is 5.69 Å². The molecule has 4 nitrogen and oxygen atoms in total. The fourth-order valence-electron chi connectivity index (χ4n) is 2.43. The highest BCUT2D eigenvalue weighted by molar-refractivity contribution is 5.57. The van der Waals surface area contributed by atoms with Crippen LogP contribution in [0.15, 0.2) is 36.4 Å². The molecule has 2 aromatic rings. The number of benzene rings is 2. The van der Waals surface area contributed by atoms with Crippen LogP contribution in [0.5, 0.6) is 17.2 Å². The van der Waals surface area contributed by atoms with Crippen LogP contribution in [0.3, 0.4) is 0 Å². The molecule has 1 atom stereocenters. The summed E-state index contributed by atoms with van der Waals surface area (Å²) in [5.41, 5.74) is 3.25. The lowest BCUT2D eigenvalue weighted by molar-refractivity contribution is 0.338. The molecule has 0 amide bonds. The van der Waals surface area contributed by atoms with Gasteiger partial charge in [0.15, 0.2) is 0 Å². The van der Waals surface area contributed by atoms with Gasteiger partial charge in [0.2, 0.25) is 0 Å². The third-order valence-corrected chi connectivity index (χ3v) is 3.54. The Bertz CT molecular complexity index is 640. The van der Waals surface area contributed by atoms with Gasteiger partial charge in [0.25, 0.3) is 0 Å². The number of methoxy groups -OCH3 is 1. The van der Waals surface area contributed by atoms with Crippen molar-refractivity contribution in [2.75, 3.05) is 19.0 Å². The monoisotopic (exact) mass is 271 g/mol. The molecule has 3 rings (SSSR count). The van der Waals surface area contributed by atoms with E-state index in [4.69, 9.17) is 9.47 Å². The molecule has 0 saturated heterocycles. The summed E-state index contributed by atoms with van der Waals surface area (Å²) in [6, 6.07) is 11.3. The molecule has 1 aliphatic heterocycles. The second-order valence-corrected chi connectivity index (χ2v) is 4.91. The zero-order chi connectivity index (χ0) is 14.1. The summed E-state index contributed by atoms with van der Waals surface area (Å²) in [4.78, 5) is 0. The number of hydrogen-bond donors (Lipinski definition) is 2. The van der Waals surface area contributed by atoms with Crippen molar-refractivity contribution in [2.24, 2.45) is 0 Å². The van der Waals surface area contributed by atoms with Gasteiger partial charge in [-0.2, -0.15) is 0 Å². The van der Waals surface area contributed by atoms with Gasteiger partial charge < -0.3 is 19.9 Å². The lowest BCUT2D eigenvalue weighted by atomic mass is 10.1. The van der Waals surface area contributed by atoms with Crippen LogP contribution in [0.4, 0.5) is 5.69 Å². The molecule has 0 bridgehead atoms. The fourth-order valence-corrected chi connectivity index (χ4v) is 2.43. The molecule has 0 spiro atoms. The summed E-state index contributed by atoms with van der Waals surface area (Å²) in [6.07, 6.45) is 0. The average molecular weight is 271 g/mol. The van der Waals surface area contributed by atoms with E-state index in [9.17, 15) is 5.11 Å². The number of phenolic OH excluding ortho intramolecular Hbond substituents is 1. The van der Waals surface area contributed by atoms with E-state index in [-0.39, 0.29) is 11.8 Å². The van der Waals surface area contributed by atoms with Crippen molar-refractivity contribution in [3.8, 4) is 17.2 Å². The molecule has 0 saturated carbocycles. The Kier molecular flexibility index (Phi) is 3.14. The third-order valence-electron chi connectivity index (χ3n) is 3.54. The van der Waals surface area contributed by atoms with Crippen LogP contribution >= 0.6 is 0 Å². The number of anilines is 1. The summed E-state index contributed by atoms with van der Waals surface area (Å²) < 4.78 is 10.8. The van der Waals surface area contributed by atoms with Gasteiger partial charge >= 0.3 is 0 Å². The highest BCUT2D eigenvalue weighted by Gasteiger charge is 2.24. The van der Waals surface area contributed by atoms with E-state index in [1.807, 2.05) is 31.2 Å². The maximum absolute atomic E-state index is 9.46. The lowest BCUT2D eigenvalue weighted by Gasteiger charge is -2.16. The zero-order valence-electron chi connectivity index (χ0n) is 11.5. The Morgan fingerprint density at radius 1 is 1.25 bits per heavy atom. The van der Waals surface area contributed by atoms with E-state index in [2.05, 4.69) is 5.32 Å². The highest BCUT2D eigenvalue weighted by Crippen LogP contribution is 2.37. The van der Waals surface area contributed by atoms with Gasteiger partial charge in [-0.3, -0.25) is 0 Å². The van der Waals surface area contributed by atoms with Crippen molar-refractivity contribution in [1.29, 1.82) is 0 Å². The van der Waals surface area contributed by atoms with Crippen molar-refractivity contribution in [2.45, 2.75) is 13.0 Å². The number of ether oxygens (including phenoxy) is 2. The number of nitrogens with one attached hydrogen (secondary N) is 1. The molecular formula is C16H17NO3. The summed E-state index contributed by atoms with van der Waals surface area (Å²) in [6.45, 7) is 2.60. The van der Waals surface area contributed by atoms with Gasteiger partial charge in [0.05, 0.1) is 13.2 Å². The number of aryl methyl sites for hydroxylation is 1. The quantitative estimate of drug-likeness (QED) is 0.899. The van der Waals surface area contributed by atoms with Gasteiger partial charge in [0, 0.05) is 17.3 Å². The molecule has 1 unspecified atom stereocenters. The van der Waals surface area contributed by atoms with Gasteiger partial charge in [0.1, 0.15) is 23.9 Å². The molecule has 0 radical (unpaired) electrons. The number of aromatic hydroxyl groups is 1. The smallest absolute Gasteiger partial charge is 0.128 e. The number of rotatable bonds is 3. The molecule has 2 aromatic carbocycles. The second-order valence-electron chi connectivity index (χ2n) is 4.91. The van der Waals surface area contributed by atoms with Crippen LogP contribution in [0.1, 0.15) is 17.2 Å². The van der Waals surface area contributed by atoms with Crippen LogP contribution in [0.25, 0.3) is 0 Å². The Morgan fingerprint density at radius 2 is 2.10 bits per heavy atom. The van der Waals surface area contributed by atoms with E-state index in [0.717, 1.165) is 28.3 Å². The van der Waals surface area contributed by atoms with E-state index < -0.39 is 0 Å². The first-order chi connectivity index (χ1) is 9.67. The first-order valence-corrected chi connectivity index (χ1v) is 6.54. The van der Waals surface area contributed by atoms with Crippen LogP contribution in [-0.2, 0) is 0 Å². The zero-order valence-corrected chi connectivity index (χ0v) is 11.5. The highest BCUT2D eigenvalue weighted by atomic mass is 16.5. The van der Waals surface area contributed by atoms with Crippen molar-refractivity contribution < 1.29 is 14.6 Å². The maximum Gasteiger partial charge on any atom is 0.128 e. The number of phenols is 1. The van der Waals surface area contributed by atoms with Gasteiger partial charge in [-0.25, -0.2) is 0 Å². The van der Waals surface area contributed by atoms with Gasteiger partial charge in [-0.1, -0.05) is 0 Å². The number of hydrogen-bond acceptors (Lipinski definition) is 4.